The van der Waals surface area contributed by atoms with Crippen molar-refractivity contribution in [2.24, 2.45) is 9.50 Å². The highest BCUT2D eigenvalue weighted by atomic mass is 35.5. The molecule has 1 N–H and O–H groups in total. The SMILES string of the molecule is O=C(NC1=NS(=O)(=O)c2ccccc21)C1=NN(c2ccc(Cl)cc2)C(=O)CC1. The Kier molecular flexibility index (Phi) is 4.48. The van der Waals surface area contributed by atoms with Gasteiger partial charge >= 0.3 is 0 Å². The number of hydrogen-bond acceptors (Lipinski definition) is 5. The van der Waals surface area contributed by atoms with E-state index < -0.39 is 15.9 Å². The number of sulfonamides is 1. The summed E-state index contributed by atoms with van der Waals surface area (Å²) in [6.07, 6.45) is 0.229. The van der Waals surface area contributed by atoms with Crippen LogP contribution in [0.1, 0.15) is 18.4 Å². The topological polar surface area (TPSA) is 108 Å². The molecule has 0 bridgehead atoms. The first kappa shape index (κ1) is 18.3. The minimum absolute atomic E-state index is 0.0360. The Morgan fingerprint density at radius 2 is 1.79 bits per heavy atom. The molecule has 2 aromatic rings. The fraction of sp³-hybridized carbons (Fsp3) is 0.111. The number of hydrogen-bond donors (Lipinski definition) is 1. The summed E-state index contributed by atoms with van der Waals surface area (Å²) in [7, 11) is -3.84. The summed E-state index contributed by atoms with van der Waals surface area (Å²) in [6, 6.07) is 12.7. The number of anilines is 1. The van der Waals surface area contributed by atoms with Gasteiger partial charge in [-0.2, -0.15) is 13.5 Å². The van der Waals surface area contributed by atoms with Crippen molar-refractivity contribution >= 4 is 50.7 Å². The van der Waals surface area contributed by atoms with E-state index in [0.29, 0.717) is 16.3 Å². The van der Waals surface area contributed by atoms with E-state index in [1.165, 1.54) is 6.07 Å². The zero-order valence-corrected chi connectivity index (χ0v) is 15.9. The summed E-state index contributed by atoms with van der Waals surface area (Å²) in [4.78, 5) is 24.9. The second-order valence-corrected chi connectivity index (χ2v) is 8.10. The van der Waals surface area contributed by atoms with E-state index in [-0.39, 0.29) is 35.2 Å². The molecule has 0 fully saturated rings. The van der Waals surface area contributed by atoms with Gasteiger partial charge < -0.3 is 5.32 Å². The maximum atomic E-state index is 12.6. The van der Waals surface area contributed by atoms with Gasteiger partial charge in [0.05, 0.1) is 5.69 Å². The Labute approximate surface area is 165 Å². The molecular weight excluding hydrogens is 404 g/mol. The summed E-state index contributed by atoms with van der Waals surface area (Å²) >= 11 is 5.86. The number of benzene rings is 2. The van der Waals surface area contributed by atoms with Gasteiger partial charge in [-0.1, -0.05) is 23.7 Å². The minimum atomic E-state index is -3.84. The normalized spacial score (nSPS) is 17.6. The van der Waals surface area contributed by atoms with Crippen LogP contribution in [0.15, 0.2) is 62.9 Å². The third kappa shape index (κ3) is 3.30. The number of amides is 2. The molecule has 0 spiro atoms. The molecule has 0 aliphatic carbocycles. The molecular formula is C18H13ClN4O4S. The maximum absolute atomic E-state index is 12.6. The fourth-order valence-corrected chi connectivity index (χ4v) is 4.18. The molecule has 2 heterocycles. The average molecular weight is 417 g/mol. The predicted octanol–water partition coefficient (Wildman–Crippen LogP) is 2.09. The first-order valence-corrected chi connectivity index (χ1v) is 10.1. The van der Waals surface area contributed by atoms with Crippen LogP contribution in [0.4, 0.5) is 5.69 Å². The number of rotatable bonds is 2. The van der Waals surface area contributed by atoms with Crippen molar-refractivity contribution in [3.05, 3.63) is 59.1 Å². The Balaban J connectivity index is 1.61. The molecule has 8 nitrogen and oxygen atoms in total. The standard InChI is InChI=1S/C18H13ClN4O4S/c19-11-5-7-12(8-6-11)23-16(24)10-9-14(21-23)18(25)20-17-13-3-1-2-4-15(13)28(26,27)22-17/h1-8H,9-10H2,(H,20,22,25). The van der Waals surface area contributed by atoms with Crippen LogP contribution < -0.4 is 10.3 Å². The molecule has 0 atom stereocenters. The Hall–Kier alpha value is -3.04. The van der Waals surface area contributed by atoms with Crippen molar-refractivity contribution in [2.75, 3.05) is 5.01 Å². The lowest BCUT2D eigenvalue weighted by molar-refractivity contribution is -0.118. The van der Waals surface area contributed by atoms with Gasteiger partial charge in [-0.3, -0.25) is 9.59 Å². The fourth-order valence-electron chi connectivity index (χ4n) is 2.88. The maximum Gasteiger partial charge on any atom is 0.285 e. The molecule has 0 aromatic heterocycles. The minimum Gasteiger partial charge on any atom is -0.304 e. The van der Waals surface area contributed by atoms with E-state index in [4.69, 9.17) is 11.6 Å². The highest BCUT2D eigenvalue weighted by Gasteiger charge is 2.31. The summed E-state index contributed by atoms with van der Waals surface area (Å²) in [5, 5.41) is 8.28. The highest BCUT2D eigenvalue weighted by molar-refractivity contribution is 7.90. The lowest BCUT2D eigenvalue weighted by atomic mass is 10.1. The van der Waals surface area contributed by atoms with Crippen LogP contribution in [-0.4, -0.2) is 31.8 Å². The van der Waals surface area contributed by atoms with E-state index >= 15 is 0 Å². The Morgan fingerprint density at radius 3 is 2.54 bits per heavy atom. The van der Waals surface area contributed by atoms with Gasteiger partial charge in [-0.05, 0) is 36.4 Å². The second kappa shape index (κ2) is 6.84. The molecule has 2 amide bonds. The lowest BCUT2D eigenvalue weighted by Gasteiger charge is -2.23. The van der Waals surface area contributed by atoms with Crippen LogP contribution in [-0.2, 0) is 19.6 Å². The van der Waals surface area contributed by atoms with Gasteiger partial charge in [0, 0.05) is 23.4 Å². The summed E-state index contributed by atoms with van der Waals surface area (Å²) in [5.74, 6) is -0.930. The third-order valence-corrected chi connectivity index (χ3v) is 5.82. The molecule has 2 aromatic carbocycles. The van der Waals surface area contributed by atoms with Crippen molar-refractivity contribution in [1.82, 2.24) is 5.32 Å². The molecule has 4 rings (SSSR count). The van der Waals surface area contributed by atoms with Crippen molar-refractivity contribution < 1.29 is 18.0 Å². The van der Waals surface area contributed by atoms with E-state index in [2.05, 4.69) is 14.8 Å². The second-order valence-electron chi connectivity index (χ2n) is 6.09. The van der Waals surface area contributed by atoms with Gasteiger partial charge in [-0.25, -0.2) is 5.01 Å². The first-order valence-electron chi connectivity index (χ1n) is 8.27. The smallest absolute Gasteiger partial charge is 0.285 e. The van der Waals surface area contributed by atoms with Crippen LogP contribution >= 0.6 is 11.6 Å². The molecule has 0 saturated heterocycles. The molecule has 0 unspecified atom stereocenters. The molecule has 2 aliphatic rings. The van der Waals surface area contributed by atoms with Crippen LogP contribution in [0.2, 0.25) is 5.02 Å². The van der Waals surface area contributed by atoms with Crippen molar-refractivity contribution in [2.45, 2.75) is 17.7 Å². The Bertz CT molecular complexity index is 1160. The van der Waals surface area contributed by atoms with Gasteiger partial charge in [0.2, 0.25) is 5.91 Å². The van der Waals surface area contributed by atoms with Crippen LogP contribution in [0.25, 0.3) is 0 Å². The quantitative estimate of drug-likeness (QED) is 0.808. The molecule has 2 aliphatic heterocycles. The van der Waals surface area contributed by atoms with Crippen LogP contribution in [0, 0.1) is 0 Å². The largest absolute Gasteiger partial charge is 0.304 e. The Morgan fingerprint density at radius 1 is 1.07 bits per heavy atom. The number of hydrazone groups is 1. The average Bonchev–Trinajstić information content (AvgIpc) is 2.93. The van der Waals surface area contributed by atoms with Gasteiger partial charge in [-0.15, -0.1) is 4.40 Å². The zero-order valence-electron chi connectivity index (χ0n) is 14.3. The summed E-state index contributed by atoms with van der Waals surface area (Å²) < 4.78 is 27.8. The van der Waals surface area contributed by atoms with Crippen molar-refractivity contribution in [1.29, 1.82) is 0 Å². The van der Waals surface area contributed by atoms with Gasteiger partial charge in [0.15, 0.2) is 5.84 Å². The van der Waals surface area contributed by atoms with E-state index in [9.17, 15) is 18.0 Å². The molecule has 28 heavy (non-hydrogen) atoms. The monoisotopic (exact) mass is 416 g/mol. The number of amidine groups is 1. The molecule has 10 heteroatoms. The van der Waals surface area contributed by atoms with E-state index in [0.717, 1.165) is 5.01 Å². The number of carbonyl (C=O) groups is 2. The summed E-state index contributed by atoms with van der Waals surface area (Å²) in [5.41, 5.74) is 0.891. The first-order chi connectivity index (χ1) is 13.3. The highest BCUT2D eigenvalue weighted by Crippen LogP contribution is 2.25. The molecule has 142 valence electrons. The summed E-state index contributed by atoms with van der Waals surface area (Å²) in [6.45, 7) is 0. The predicted molar refractivity (Wildman–Crippen MR) is 104 cm³/mol. The number of halogens is 1. The van der Waals surface area contributed by atoms with Crippen LogP contribution in [0.3, 0.4) is 0 Å². The molecule has 0 saturated carbocycles. The van der Waals surface area contributed by atoms with E-state index in [1.807, 2.05) is 0 Å². The van der Waals surface area contributed by atoms with Gasteiger partial charge in [0.25, 0.3) is 15.9 Å². The van der Waals surface area contributed by atoms with E-state index in [1.54, 1.807) is 42.5 Å². The van der Waals surface area contributed by atoms with Crippen molar-refractivity contribution in [3.8, 4) is 0 Å². The van der Waals surface area contributed by atoms with Gasteiger partial charge in [0.1, 0.15) is 10.6 Å². The van der Waals surface area contributed by atoms with Crippen molar-refractivity contribution in [3.63, 3.8) is 0 Å². The number of nitrogens with zero attached hydrogens (tertiary/aromatic N) is 3. The zero-order chi connectivity index (χ0) is 19.9. The third-order valence-electron chi connectivity index (χ3n) is 4.23. The number of carbonyl (C=O) groups excluding carboxylic acids is 2. The number of nitrogens with one attached hydrogen (secondary N) is 1. The number of fused-ring (bicyclic) bond motifs is 1. The van der Waals surface area contributed by atoms with Crippen LogP contribution in [0.5, 0.6) is 0 Å². The molecule has 0 radical (unpaired) electrons. The lowest BCUT2D eigenvalue weighted by Crippen LogP contribution is -2.41.